The molecular weight excluding hydrogens is 444 g/mol. The molecular formula is C29H32O6. The summed E-state index contributed by atoms with van der Waals surface area (Å²) >= 11 is 0. The molecule has 3 aromatic rings. The van der Waals surface area contributed by atoms with Crippen LogP contribution in [0, 0.1) is 0 Å². The number of rotatable bonds is 8. The highest BCUT2D eigenvalue weighted by Gasteiger charge is 2.51. The molecule has 2 heterocycles. The van der Waals surface area contributed by atoms with E-state index in [0.29, 0.717) is 13.2 Å². The van der Waals surface area contributed by atoms with Gasteiger partial charge < -0.3 is 28.4 Å². The van der Waals surface area contributed by atoms with Crippen molar-refractivity contribution in [3.63, 3.8) is 0 Å². The van der Waals surface area contributed by atoms with Gasteiger partial charge in [-0.1, -0.05) is 54.6 Å². The van der Waals surface area contributed by atoms with Gasteiger partial charge in [0, 0.05) is 0 Å². The van der Waals surface area contributed by atoms with Crippen LogP contribution in [0.15, 0.2) is 78.9 Å². The van der Waals surface area contributed by atoms with Crippen molar-refractivity contribution in [1.29, 1.82) is 0 Å². The lowest BCUT2D eigenvalue weighted by atomic mass is 9.80. The Bertz CT molecular complexity index is 1060. The van der Waals surface area contributed by atoms with Crippen molar-refractivity contribution in [3.05, 3.63) is 95.6 Å². The van der Waals surface area contributed by atoms with Crippen molar-refractivity contribution in [1.82, 2.24) is 0 Å². The number of hydrogen-bond acceptors (Lipinski definition) is 6. The Morgan fingerprint density at radius 3 is 1.86 bits per heavy atom. The zero-order chi connectivity index (χ0) is 24.5. The third-order valence-electron chi connectivity index (χ3n) is 6.70. The van der Waals surface area contributed by atoms with Gasteiger partial charge in [0.2, 0.25) is 0 Å². The van der Waals surface area contributed by atoms with Crippen LogP contribution in [0.5, 0.6) is 11.5 Å². The molecule has 0 spiro atoms. The van der Waals surface area contributed by atoms with Crippen LogP contribution in [0.2, 0.25) is 0 Å². The van der Waals surface area contributed by atoms with Crippen molar-refractivity contribution >= 4 is 0 Å². The molecule has 6 nitrogen and oxygen atoms in total. The van der Waals surface area contributed by atoms with Gasteiger partial charge in [0.05, 0.1) is 27.4 Å². The van der Waals surface area contributed by atoms with Gasteiger partial charge in [0.1, 0.15) is 35.4 Å². The Labute approximate surface area is 206 Å². The second kappa shape index (κ2) is 9.63. The Morgan fingerprint density at radius 2 is 1.31 bits per heavy atom. The molecule has 2 saturated heterocycles. The van der Waals surface area contributed by atoms with E-state index in [1.165, 1.54) is 0 Å². The fourth-order valence-corrected chi connectivity index (χ4v) is 5.04. The summed E-state index contributed by atoms with van der Waals surface area (Å²) in [6.07, 6.45) is -0.515. The molecule has 0 saturated carbocycles. The normalized spacial score (nSPS) is 23.1. The molecule has 0 unspecified atom stereocenters. The van der Waals surface area contributed by atoms with Gasteiger partial charge >= 0.3 is 0 Å². The quantitative estimate of drug-likeness (QED) is 0.430. The summed E-state index contributed by atoms with van der Waals surface area (Å²) in [6.45, 7) is 4.69. The summed E-state index contributed by atoms with van der Waals surface area (Å²) in [5.74, 6) is 0.942. The van der Waals surface area contributed by atoms with E-state index in [1.54, 1.807) is 14.2 Å². The van der Waals surface area contributed by atoms with Crippen molar-refractivity contribution in [3.8, 4) is 11.5 Å². The molecule has 0 N–H and O–H groups in total. The molecule has 3 atom stereocenters. The zero-order valence-corrected chi connectivity index (χ0v) is 20.6. The average molecular weight is 477 g/mol. The van der Waals surface area contributed by atoms with E-state index >= 15 is 0 Å². The molecule has 2 aliphatic rings. The van der Waals surface area contributed by atoms with E-state index in [0.717, 1.165) is 28.2 Å². The second-order valence-corrected chi connectivity index (χ2v) is 9.33. The van der Waals surface area contributed by atoms with Gasteiger partial charge in [-0.05, 0) is 54.8 Å². The fourth-order valence-electron chi connectivity index (χ4n) is 5.04. The highest BCUT2D eigenvalue weighted by molar-refractivity contribution is 5.49. The summed E-state index contributed by atoms with van der Waals surface area (Å²) in [4.78, 5) is 0. The molecule has 184 valence electrons. The smallest absolute Gasteiger partial charge is 0.164 e. The Kier molecular flexibility index (Phi) is 6.55. The first-order valence-corrected chi connectivity index (χ1v) is 11.9. The van der Waals surface area contributed by atoms with Crippen LogP contribution in [0.1, 0.15) is 30.5 Å². The lowest BCUT2D eigenvalue weighted by molar-refractivity contribution is -0.182. The zero-order valence-electron chi connectivity index (χ0n) is 20.6. The second-order valence-electron chi connectivity index (χ2n) is 9.33. The van der Waals surface area contributed by atoms with Gasteiger partial charge in [0.25, 0.3) is 0 Å². The summed E-state index contributed by atoms with van der Waals surface area (Å²) < 4.78 is 36.1. The monoisotopic (exact) mass is 476 g/mol. The molecule has 2 aliphatic heterocycles. The topological polar surface area (TPSA) is 55.4 Å². The van der Waals surface area contributed by atoms with E-state index in [2.05, 4.69) is 12.1 Å². The van der Waals surface area contributed by atoms with E-state index in [1.807, 2.05) is 80.6 Å². The highest BCUT2D eigenvalue weighted by atomic mass is 16.8. The van der Waals surface area contributed by atoms with Crippen LogP contribution in [0.3, 0.4) is 0 Å². The lowest BCUT2D eigenvalue weighted by Crippen LogP contribution is -2.39. The minimum atomic E-state index is -0.893. The molecule has 2 fully saturated rings. The Balaban J connectivity index is 1.57. The number of fused-ring (bicyclic) bond motifs is 1. The maximum Gasteiger partial charge on any atom is 0.164 e. The third-order valence-corrected chi connectivity index (χ3v) is 6.70. The Hall–Kier alpha value is -2.90. The first-order chi connectivity index (χ1) is 16.9. The van der Waals surface area contributed by atoms with Crippen LogP contribution >= 0.6 is 0 Å². The summed E-state index contributed by atoms with van der Waals surface area (Å²) in [7, 11) is 3.33. The number of benzene rings is 3. The molecule has 0 amide bonds. The molecule has 3 aromatic carbocycles. The van der Waals surface area contributed by atoms with Crippen LogP contribution < -0.4 is 9.47 Å². The molecule has 5 rings (SSSR count). The molecule has 6 heteroatoms. The fraction of sp³-hybridized carbons (Fsp3) is 0.379. The molecule has 0 bridgehead atoms. The van der Waals surface area contributed by atoms with E-state index < -0.39 is 11.4 Å². The van der Waals surface area contributed by atoms with Crippen molar-refractivity contribution < 1.29 is 28.4 Å². The third kappa shape index (κ3) is 4.55. The van der Waals surface area contributed by atoms with Crippen molar-refractivity contribution in [2.45, 2.75) is 43.5 Å². The molecule has 0 radical (unpaired) electrons. The van der Waals surface area contributed by atoms with Gasteiger partial charge in [-0.15, -0.1) is 0 Å². The summed E-state index contributed by atoms with van der Waals surface area (Å²) in [5, 5.41) is 0. The maximum atomic E-state index is 6.95. The van der Waals surface area contributed by atoms with Gasteiger partial charge in [-0.3, -0.25) is 0 Å². The minimum absolute atomic E-state index is 0.0910. The van der Waals surface area contributed by atoms with Gasteiger partial charge in [-0.2, -0.15) is 0 Å². The van der Waals surface area contributed by atoms with Crippen molar-refractivity contribution in [2.24, 2.45) is 0 Å². The number of hydrogen-bond donors (Lipinski definition) is 0. The first kappa shape index (κ1) is 23.8. The highest BCUT2D eigenvalue weighted by Crippen LogP contribution is 2.43. The largest absolute Gasteiger partial charge is 0.497 e. The number of methoxy groups -OCH3 is 2. The van der Waals surface area contributed by atoms with E-state index in [-0.39, 0.29) is 18.3 Å². The van der Waals surface area contributed by atoms with Crippen molar-refractivity contribution in [2.75, 3.05) is 27.4 Å². The van der Waals surface area contributed by atoms with Gasteiger partial charge in [0.15, 0.2) is 5.79 Å². The molecule has 0 aromatic heterocycles. The standard InChI is InChI=1S/C29H32O6/c1-28(2)34-26-18-32-25(27(26)35-28)19-33-29(20-8-6-5-7-9-20,21-10-14-23(30-3)15-11-21)22-12-16-24(31-4)17-13-22/h5-17,25-27H,18-19H2,1-4H3/t25-,26+,27-/m1/s1. The van der Waals surface area contributed by atoms with Crippen LogP contribution in [0.25, 0.3) is 0 Å². The average Bonchev–Trinajstić information content (AvgIpc) is 3.40. The van der Waals surface area contributed by atoms with Gasteiger partial charge in [-0.25, -0.2) is 0 Å². The number of ether oxygens (including phenoxy) is 6. The van der Waals surface area contributed by atoms with E-state index in [9.17, 15) is 0 Å². The van der Waals surface area contributed by atoms with Crippen LogP contribution in [0.4, 0.5) is 0 Å². The summed E-state index contributed by atoms with van der Waals surface area (Å²) in [5.41, 5.74) is 2.08. The van der Waals surface area contributed by atoms with Crippen LogP contribution in [-0.4, -0.2) is 51.5 Å². The Morgan fingerprint density at radius 1 is 0.771 bits per heavy atom. The summed E-state index contributed by atoms with van der Waals surface area (Å²) in [6, 6.07) is 26.3. The maximum absolute atomic E-state index is 6.95. The molecule has 0 aliphatic carbocycles. The van der Waals surface area contributed by atoms with E-state index in [4.69, 9.17) is 28.4 Å². The van der Waals surface area contributed by atoms with Crippen LogP contribution in [-0.2, 0) is 24.5 Å². The lowest BCUT2D eigenvalue weighted by Gasteiger charge is -2.37. The first-order valence-electron chi connectivity index (χ1n) is 11.9. The predicted molar refractivity (Wildman–Crippen MR) is 132 cm³/mol. The predicted octanol–water partition coefficient (Wildman–Crippen LogP) is 4.93. The molecule has 35 heavy (non-hydrogen) atoms. The minimum Gasteiger partial charge on any atom is -0.497 e. The SMILES string of the molecule is COc1ccc(C(OC[C@H]2OC[C@@H]3OC(C)(C)O[C@@H]32)(c2ccccc2)c2ccc(OC)cc2)cc1.